The van der Waals surface area contributed by atoms with Crippen LogP contribution in [-0.2, 0) is 11.2 Å². The highest BCUT2D eigenvalue weighted by atomic mass is 16.2. The fraction of sp³-hybridized carbons (Fsp3) is 0.538. The molecular formula is C13H19N3O. The molecule has 1 atom stereocenters. The second kappa shape index (κ2) is 5.27. The van der Waals surface area contributed by atoms with Crippen molar-refractivity contribution in [3.63, 3.8) is 0 Å². The summed E-state index contributed by atoms with van der Waals surface area (Å²) in [5.41, 5.74) is 1.97. The van der Waals surface area contributed by atoms with Crippen molar-refractivity contribution in [1.29, 1.82) is 0 Å². The van der Waals surface area contributed by atoms with Crippen LogP contribution in [0.5, 0.6) is 0 Å². The summed E-state index contributed by atoms with van der Waals surface area (Å²) >= 11 is 0. The highest BCUT2D eigenvalue weighted by molar-refractivity contribution is 5.78. The Morgan fingerprint density at radius 1 is 1.59 bits per heavy atom. The van der Waals surface area contributed by atoms with Crippen LogP contribution in [-0.4, -0.2) is 42.0 Å². The van der Waals surface area contributed by atoms with Gasteiger partial charge in [0, 0.05) is 31.5 Å². The Kier molecular flexibility index (Phi) is 3.74. The molecule has 1 N–H and O–H groups in total. The molecule has 1 fully saturated rings. The number of rotatable bonds is 3. The third kappa shape index (κ3) is 3.03. The Morgan fingerprint density at radius 2 is 2.41 bits per heavy atom. The second-order valence-corrected chi connectivity index (χ2v) is 4.64. The molecule has 4 heteroatoms. The van der Waals surface area contributed by atoms with E-state index in [1.807, 2.05) is 31.0 Å². The first kappa shape index (κ1) is 12.0. The standard InChI is InChI=1S/C13H19N3O/c1-10-3-4-11(8-15-10)7-13(17)16(2)12-5-6-14-9-12/h3-4,8,12,14H,5-7,9H2,1-2H3/t12-/m0/s1. The molecule has 17 heavy (non-hydrogen) atoms. The number of pyridine rings is 1. The van der Waals surface area contributed by atoms with E-state index in [-0.39, 0.29) is 5.91 Å². The lowest BCUT2D eigenvalue weighted by Gasteiger charge is -2.23. The first-order chi connectivity index (χ1) is 8.16. The zero-order chi connectivity index (χ0) is 12.3. The number of amides is 1. The summed E-state index contributed by atoms with van der Waals surface area (Å²) in [7, 11) is 1.89. The Bertz CT molecular complexity index is 382. The SMILES string of the molecule is Cc1ccc(CC(=O)N(C)[C@H]2CCNC2)cn1. The van der Waals surface area contributed by atoms with Gasteiger partial charge in [0.2, 0.25) is 5.91 Å². The highest BCUT2D eigenvalue weighted by Gasteiger charge is 2.22. The fourth-order valence-corrected chi connectivity index (χ4v) is 2.08. The van der Waals surface area contributed by atoms with E-state index in [0.29, 0.717) is 12.5 Å². The van der Waals surface area contributed by atoms with Gasteiger partial charge in [0.1, 0.15) is 0 Å². The van der Waals surface area contributed by atoms with Crippen LogP contribution in [0.15, 0.2) is 18.3 Å². The minimum absolute atomic E-state index is 0.171. The number of carbonyl (C=O) groups is 1. The molecule has 0 bridgehead atoms. The summed E-state index contributed by atoms with van der Waals surface area (Å²) in [6.07, 6.45) is 3.28. The van der Waals surface area contributed by atoms with E-state index < -0.39 is 0 Å². The molecule has 0 aromatic carbocycles. The molecule has 0 aliphatic carbocycles. The summed E-state index contributed by atoms with van der Waals surface area (Å²) in [4.78, 5) is 18.1. The lowest BCUT2D eigenvalue weighted by atomic mass is 10.1. The predicted molar refractivity (Wildman–Crippen MR) is 66.7 cm³/mol. The minimum Gasteiger partial charge on any atom is -0.341 e. The van der Waals surface area contributed by atoms with Crippen molar-refractivity contribution in [2.24, 2.45) is 0 Å². The number of hydrogen-bond donors (Lipinski definition) is 1. The molecule has 1 amide bonds. The molecule has 4 nitrogen and oxygen atoms in total. The van der Waals surface area contributed by atoms with Crippen molar-refractivity contribution in [3.8, 4) is 0 Å². The maximum atomic E-state index is 12.1. The van der Waals surface area contributed by atoms with Gasteiger partial charge in [-0.3, -0.25) is 9.78 Å². The topological polar surface area (TPSA) is 45.2 Å². The van der Waals surface area contributed by atoms with E-state index in [9.17, 15) is 4.79 Å². The smallest absolute Gasteiger partial charge is 0.227 e. The molecule has 0 unspecified atom stereocenters. The molecular weight excluding hydrogens is 214 g/mol. The summed E-state index contributed by atoms with van der Waals surface area (Å²) in [5.74, 6) is 0.171. The second-order valence-electron chi connectivity index (χ2n) is 4.64. The summed E-state index contributed by atoms with van der Waals surface area (Å²) in [5, 5.41) is 3.27. The molecule has 1 aliphatic heterocycles. The fourth-order valence-electron chi connectivity index (χ4n) is 2.08. The Morgan fingerprint density at radius 3 is 3.00 bits per heavy atom. The van der Waals surface area contributed by atoms with E-state index in [1.54, 1.807) is 6.20 Å². The van der Waals surface area contributed by atoms with Crippen molar-refractivity contribution >= 4 is 5.91 Å². The van der Waals surface area contributed by atoms with Crippen LogP contribution < -0.4 is 5.32 Å². The largest absolute Gasteiger partial charge is 0.341 e. The zero-order valence-corrected chi connectivity index (χ0v) is 10.4. The van der Waals surface area contributed by atoms with Crippen LogP contribution in [0.2, 0.25) is 0 Å². The summed E-state index contributed by atoms with van der Waals surface area (Å²) in [6, 6.07) is 4.27. The normalized spacial score (nSPS) is 19.3. The van der Waals surface area contributed by atoms with Crippen LogP contribution >= 0.6 is 0 Å². The number of aryl methyl sites for hydroxylation is 1. The van der Waals surface area contributed by atoms with Crippen molar-refractivity contribution < 1.29 is 4.79 Å². The van der Waals surface area contributed by atoms with Gasteiger partial charge in [-0.2, -0.15) is 0 Å². The molecule has 1 aromatic heterocycles. The molecule has 1 aliphatic rings. The van der Waals surface area contributed by atoms with Crippen LogP contribution in [0.4, 0.5) is 0 Å². The molecule has 2 rings (SSSR count). The molecule has 1 aromatic rings. The first-order valence-electron chi connectivity index (χ1n) is 6.05. The zero-order valence-electron chi connectivity index (χ0n) is 10.4. The number of hydrogen-bond acceptors (Lipinski definition) is 3. The maximum absolute atomic E-state index is 12.1. The van der Waals surface area contributed by atoms with Gasteiger partial charge >= 0.3 is 0 Å². The predicted octanol–water partition coefficient (Wildman–Crippen LogP) is 0.753. The van der Waals surface area contributed by atoms with Gasteiger partial charge in [-0.1, -0.05) is 6.07 Å². The minimum atomic E-state index is 0.171. The third-order valence-corrected chi connectivity index (χ3v) is 3.30. The maximum Gasteiger partial charge on any atom is 0.227 e. The van der Waals surface area contributed by atoms with Gasteiger partial charge in [-0.15, -0.1) is 0 Å². The number of nitrogens with zero attached hydrogens (tertiary/aromatic N) is 2. The van der Waals surface area contributed by atoms with E-state index in [4.69, 9.17) is 0 Å². The molecule has 0 spiro atoms. The summed E-state index contributed by atoms with van der Waals surface area (Å²) < 4.78 is 0. The van der Waals surface area contributed by atoms with Gasteiger partial charge in [-0.05, 0) is 31.5 Å². The van der Waals surface area contributed by atoms with Crippen LogP contribution in [0.3, 0.4) is 0 Å². The molecule has 2 heterocycles. The molecule has 0 saturated carbocycles. The Labute approximate surface area is 102 Å². The van der Waals surface area contributed by atoms with E-state index in [1.165, 1.54) is 0 Å². The molecule has 0 radical (unpaired) electrons. The molecule has 1 saturated heterocycles. The van der Waals surface area contributed by atoms with Crippen molar-refractivity contribution in [2.45, 2.75) is 25.8 Å². The number of aromatic nitrogens is 1. The average molecular weight is 233 g/mol. The van der Waals surface area contributed by atoms with Crippen molar-refractivity contribution in [2.75, 3.05) is 20.1 Å². The number of nitrogens with one attached hydrogen (secondary N) is 1. The van der Waals surface area contributed by atoms with Gasteiger partial charge in [-0.25, -0.2) is 0 Å². The first-order valence-corrected chi connectivity index (χ1v) is 6.05. The Balaban J connectivity index is 1.93. The number of carbonyl (C=O) groups excluding carboxylic acids is 1. The molecule has 92 valence electrons. The lowest BCUT2D eigenvalue weighted by molar-refractivity contribution is -0.130. The average Bonchev–Trinajstić information content (AvgIpc) is 2.84. The number of likely N-dealkylation sites (N-methyl/N-ethyl adjacent to an activating group) is 1. The quantitative estimate of drug-likeness (QED) is 0.838. The van der Waals surface area contributed by atoms with Crippen molar-refractivity contribution in [1.82, 2.24) is 15.2 Å². The van der Waals surface area contributed by atoms with Crippen LogP contribution in [0, 0.1) is 6.92 Å². The Hall–Kier alpha value is -1.42. The van der Waals surface area contributed by atoms with E-state index in [2.05, 4.69) is 10.3 Å². The lowest BCUT2D eigenvalue weighted by Crippen LogP contribution is -2.39. The van der Waals surface area contributed by atoms with Gasteiger partial charge in [0.05, 0.1) is 6.42 Å². The monoisotopic (exact) mass is 233 g/mol. The van der Waals surface area contributed by atoms with Gasteiger partial charge < -0.3 is 10.2 Å². The van der Waals surface area contributed by atoms with Gasteiger partial charge in [0.15, 0.2) is 0 Å². The van der Waals surface area contributed by atoms with Crippen molar-refractivity contribution in [3.05, 3.63) is 29.6 Å². The third-order valence-electron chi connectivity index (χ3n) is 3.30. The summed E-state index contributed by atoms with van der Waals surface area (Å²) in [6.45, 7) is 3.87. The van der Waals surface area contributed by atoms with Gasteiger partial charge in [0.25, 0.3) is 0 Å². The highest BCUT2D eigenvalue weighted by Crippen LogP contribution is 2.09. The van der Waals surface area contributed by atoms with Crippen LogP contribution in [0.25, 0.3) is 0 Å². The van der Waals surface area contributed by atoms with E-state index in [0.717, 1.165) is 30.8 Å². The van der Waals surface area contributed by atoms with Crippen LogP contribution in [0.1, 0.15) is 17.7 Å². The van der Waals surface area contributed by atoms with E-state index >= 15 is 0 Å².